The molecule has 0 fully saturated rings. The van der Waals surface area contributed by atoms with Gasteiger partial charge in [0, 0.05) is 16.5 Å². The van der Waals surface area contributed by atoms with Crippen LogP contribution in [0.5, 0.6) is 5.75 Å². The lowest BCUT2D eigenvalue weighted by molar-refractivity contribution is 0.419. The second-order valence-corrected chi connectivity index (χ2v) is 5.80. The van der Waals surface area contributed by atoms with Gasteiger partial charge in [-0.3, -0.25) is 0 Å². The molecule has 0 spiro atoms. The molecule has 0 saturated carbocycles. The summed E-state index contributed by atoms with van der Waals surface area (Å²) < 4.78 is 11.1. The zero-order chi connectivity index (χ0) is 16.5. The second kappa shape index (κ2) is 5.85. The summed E-state index contributed by atoms with van der Waals surface area (Å²) in [7, 11) is 1.69. The molecule has 0 aliphatic rings. The molecule has 3 nitrogen and oxygen atoms in total. The van der Waals surface area contributed by atoms with Crippen molar-refractivity contribution in [3.05, 3.63) is 72.4 Å². The van der Waals surface area contributed by atoms with Crippen molar-refractivity contribution in [3.63, 3.8) is 0 Å². The first-order chi connectivity index (χ1) is 11.8. The average molecular weight is 315 g/mol. The Bertz CT molecular complexity index is 1000. The quantitative estimate of drug-likeness (QED) is 0.502. The minimum absolute atomic E-state index is 0.776. The van der Waals surface area contributed by atoms with Gasteiger partial charge in [-0.25, -0.2) is 0 Å². The van der Waals surface area contributed by atoms with Crippen LogP contribution in [0, 0.1) is 6.92 Å². The van der Waals surface area contributed by atoms with Crippen molar-refractivity contribution in [2.45, 2.75) is 6.92 Å². The number of ether oxygens (including phenoxy) is 1. The summed E-state index contributed by atoms with van der Waals surface area (Å²) in [5, 5.41) is 6.18. The van der Waals surface area contributed by atoms with E-state index < -0.39 is 0 Å². The molecule has 0 saturated heterocycles. The number of nitrogens with zero attached hydrogens (tertiary/aromatic N) is 1. The summed E-state index contributed by atoms with van der Waals surface area (Å²) in [6, 6.07) is 20.5. The molecule has 0 bridgehead atoms. The van der Waals surface area contributed by atoms with E-state index in [9.17, 15) is 0 Å². The molecule has 0 N–H and O–H groups in total. The maximum atomic E-state index is 5.63. The number of hydrogen-bond donors (Lipinski definition) is 0. The van der Waals surface area contributed by atoms with E-state index in [1.807, 2.05) is 24.3 Å². The van der Waals surface area contributed by atoms with E-state index in [4.69, 9.17) is 9.26 Å². The fraction of sp³-hybridized carbons (Fsp3) is 0.0952. The average Bonchev–Trinajstić information content (AvgIpc) is 3.11. The summed E-state index contributed by atoms with van der Waals surface area (Å²) in [5.41, 5.74) is 4.33. The van der Waals surface area contributed by atoms with Gasteiger partial charge in [-0.05, 0) is 30.0 Å². The van der Waals surface area contributed by atoms with Gasteiger partial charge >= 0.3 is 0 Å². The number of aromatic nitrogens is 1. The van der Waals surface area contributed by atoms with Gasteiger partial charge in [0.15, 0.2) is 5.76 Å². The van der Waals surface area contributed by atoms with Crippen molar-refractivity contribution in [1.29, 1.82) is 0 Å². The summed E-state index contributed by atoms with van der Waals surface area (Å²) >= 11 is 0. The summed E-state index contributed by atoms with van der Waals surface area (Å²) in [5.74, 6) is 1.63. The fourth-order valence-electron chi connectivity index (χ4n) is 3.02. The van der Waals surface area contributed by atoms with E-state index >= 15 is 0 Å². The highest BCUT2D eigenvalue weighted by Crippen LogP contribution is 2.38. The lowest BCUT2D eigenvalue weighted by atomic mass is 9.97. The molecule has 4 aromatic rings. The van der Waals surface area contributed by atoms with Crippen LogP contribution in [0.1, 0.15) is 5.56 Å². The number of methoxy groups -OCH3 is 1. The third kappa shape index (κ3) is 2.35. The zero-order valence-electron chi connectivity index (χ0n) is 13.6. The third-order valence-corrected chi connectivity index (χ3v) is 4.28. The molecule has 4 rings (SSSR count). The Balaban J connectivity index is 1.94. The van der Waals surface area contributed by atoms with Crippen molar-refractivity contribution >= 4 is 10.8 Å². The monoisotopic (exact) mass is 315 g/mol. The van der Waals surface area contributed by atoms with Crippen molar-refractivity contribution in [3.8, 4) is 28.2 Å². The van der Waals surface area contributed by atoms with E-state index in [0.717, 1.165) is 39.0 Å². The van der Waals surface area contributed by atoms with Crippen LogP contribution in [0.25, 0.3) is 33.2 Å². The number of rotatable bonds is 3. The number of hydrogen-bond acceptors (Lipinski definition) is 3. The van der Waals surface area contributed by atoms with Crippen LogP contribution in [0.2, 0.25) is 0 Å². The molecule has 0 aliphatic carbocycles. The molecule has 118 valence electrons. The van der Waals surface area contributed by atoms with Crippen LogP contribution < -0.4 is 4.74 Å². The van der Waals surface area contributed by atoms with Gasteiger partial charge in [0.25, 0.3) is 0 Å². The highest BCUT2D eigenvalue weighted by atomic mass is 16.5. The first kappa shape index (κ1) is 14.5. The highest BCUT2D eigenvalue weighted by molar-refractivity contribution is 6.01. The summed E-state index contributed by atoms with van der Waals surface area (Å²) in [6.45, 7) is 2.08. The molecule has 3 aromatic carbocycles. The molecular formula is C21H17NO2. The Hall–Kier alpha value is -3.07. The van der Waals surface area contributed by atoms with Crippen molar-refractivity contribution in [2.24, 2.45) is 0 Å². The zero-order valence-corrected chi connectivity index (χ0v) is 13.6. The fourth-order valence-corrected chi connectivity index (χ4v) is 3.02. The predicted molar refractivity (Wildman–Crippen MR) is 96.2 cm³/mol. The molecule has 1 heterocycles. The number of aryl methyl sites for hydroxylation is 1. The largest absolute Gasteiger partial charge is 0.496 e. The van der Waals surface area contributed by atoms with Crippen LogP contribution in [0.3, 0.4) is 0 Å². The lowest BCUT2D eigenvalue weighted by Crippen LogP contribution is -1.88. The minimum atomic E-state index is 0.776. The van der Waals surface area contributed by atoms with Crippen molar-refractivity contribution < 1.29 is 9.26 Å². The Morgan fingerprint density at radius 2 is 1.58 bits per heavy atom. The van der Waals surface area contributed by atoms with Gasteiger partial charge in [-0.1, -0.05) is 59.3 Å². The first-order valence-electron chi connectivity index (χ1n) is 7.86. The SMILES string of the molecule is COc1ccc(-c2oncc2-c2ccc(C)cc2)c2ccccc12. The molecule has 0 radical (unpaired) electrons. The van der Waals surface area contributed by atoms with E-state index in [2.05, 4.69) is 48.5 Å². The van der Waals surface area contributed by atoms with Crippen LogP contribution >= 0.6 is 0 Å². The Labute approximate surface area is 140 Å². The van der Waals surface area contributed by atoms with Crippen LogP contribution in [0.15, 0.2) is 71.4 Å². The van der Waals surface area contributed by atoms with Crippen molar-refractivity contribution in [1.82, 2.24) is 5.16 Å². The molecule has 0 unspecified atom stereocenters. The predicted octanol–water partition coefficient (Wildman–Crippen LogP) is 5.48. The van der Waals surface area contributed by atoms with Gasteiger partial charge in [-0.15, -0.1) is 0 Å². The summed E-state index contributed by atoms with van der Waals surface area (Å²) in [6.07, 6.45) is 1.78. The molecular weight excluding hydrogens is 298 g/mol. The summed E-state index contributed by atoms with van der Waals surface area (Å²) in [4.78, 5) is 0. The molecule has 0 amide bonds. The van der Waals surface area contributed by atoms with Gasteiger partial charge in [0.2, 0.25) is 0 Å². The molecule has 3 heteroatoms. The number of fused-ring (bicyclic) bond motifs is 1. The third-order valence-electron chi connectivity index (χ3n) is 4.28. The second-order valence-electron chi connectivity index (χ2n) is 5.80. The maximum absolute atomic E-state index is 5.63. The van der Waals surface area contributed by atoms with Crippen molar-refractivity contribution in [2.75, 3.05) is 7.11 Å². The Kier molecular flexibility index (Phi) is 3.54. The van der Waals surface area contributed by atoms with Crippen LogP contribution in [-0.2, 0) is 0 Å². The Morgan fingerprint density at radius 3 is 2.33 bits per heavy atom. The number of benzene rings is 3. The van der Waals surface area contributed by atoms with E-state index in [1.54, 1.807) is 13.3 Å². The van der Waals surface area contributed by atoms with Gasteiger partial charge in [0.05, 0.1) is 13.3 Å². The molecule has 1 aromatic heterocycles. The van der Waals surface area contributed by atoms with Gasteiger partial charge in [-0.2, -0.15) is 0 Å². The minimum Gasteiger partial charge on any atom is -0.496 e. The van der Waals surface area contributed by atoms with E-state index in [-0.39, 0.29) is 0 Å². The van der Waals surface area contributed by atoms with Crippen LogP contribution in [-0.4, -0.2) is 12.3 Å². The van der Waals surface area contributed by atoms with E-state index in [1.165, 1.54) is 5.56 Å². The smallest absolute Gasteiger partial charge is 0.175 e. The molecule has 0 atom stereocenters. The normalized spacial score (nSPS) is 10.9. The lowest BCUT2D eigenvalue weighted by Gasteiger charge is -2.10. The topological polar surface area (TPSA) is 35.3 Å². The van der Waals surface area contributed by atoms with Gasteiger partial charge in [0.1, 0.15) is 5.75 Å². The molecule has 24 heavy (non-hydrogen) atoms. The maximum Gasteiger partial charge on any atom is 0.175 e. The molecule has 0 aliphatic heterocycles. The van der Waals surface area contributed by atoms with Gasteiger partial charge < -0.3 is 9.26 Å². The van der Waals surface area contributed by atoms with Crippen LogP contribution in [0.4, 0.5) is 0 Å². The Morgan fingerprint density at radius 1 is 0.833 bits per heavy atom. The standard InChI is InChI=1S/C21H17NO2/c1-14-7-9-15(10-8-14)19-13-22-24-21(19)18-11-12-20(23-2)17-6-4-3-5-16(17)18/h3-13H,1-2H3. The highest BCUT2D eigenvalue weighted by Gasteiger charge is 2.16. The van der Waals surface area contributed by atoms with E-state index in [0.29, 0.717) is 0 Å². The first-order valence-corrected chi connectivity index (χ1v) is 7.86.